The van der Waals surface area contributed by atoms with Gasteiger partial charge in [0.05, 0.1) is 11.6 Å². The van der Waals surface area contributed by atoms with Gasteiger partial charge in [-0.2, -0.15) is 0 Å². The molecule has 2 rings (SSSR count). The van der Waals surface area contributed by atoms with Gasteiger partial charge in [-0.05, 0) is 46.1 Å². The van der Waals surface area contributed by atoms with Crippen molar-refractivity contribution in [1.82, 2.24) is 0 Å². The lowest BCUT2D eigenvalue weighted by Crippen LogP contribution is -2.00. The Hall–Kier alpha value is -1.32. The molecule has 2 aromatic rings. The van der Waals surface area contributed by atoms with Gasteiger partial charge in [-0.25, -0.2) is 0 Å². The average Bonchev–Trinajstić information content (AvgIpc) is 2.37. The molecule has 1 N–H and O–H groups in total. The number of methoxy groups -OCH3 is 1. The predicted molar refractivity (Wildman–Crippen MR) is 75.9 cm³/mol. The summed E-state index contributed by atoms with van der Waals surface area (Å²) in [5.74, 6) is 0.759. The normalized spacial score (nSPS) is 12.2. The second kappa shape index (κ2) is 5.55. The molecule has 0 amide bonds. The fraction of sp³-hybridized carbons (Fsp3) is 0.200. The van der Waals surface area contributed by atoms with Gasteiger partial charge in [-0.1, -0.05) is 35.9 Å². The van der Waals surface area contributed by atoms with Gasteiger partial charge < -0.3 is 9.84 Å². The number of benzene rings is 2. The van der Waals surface area contributed by atoms with E-state index in [4.69, 9.17) is 4.74 Å². The van der Waals surface area contributed by atoms with Gasteiger partial charge in [-0.15, -0.1) is 0 Å². The molecule has 0 saturated carbocycles. The molecule has 0 fully saturated rings. The number of aliphatic hydroxyl groups is 1. The Bertz CT molecular complexity index is 552. The lowest BCUT2D eigenvalue weighted by molar-refractivity contribution is 0.220. The molecule has 94 valence electrons. The van der Waals surface area contributed by atoms with Crippen LogP contribution in [0, 0.1) is 6.92 Å². The minimum absolute atomic E-state index is 0.618. The number of halogens is 1. The fourth-order valence-electron chi connectivity index (χ4n) is 1.89. The lowest BCUT2D eigenvalue weighted by Gasteiger charge is -2.13. The summed E-state index contributed by atoms with van der Waals surface area (Å²) in [6.45, 7) is 2.01. The van der Waals surface area contributed by atoms with Gasteiger partial charge >= 0.3 is 0 Å². The molecule has 2 aromatic carbocycles. The highest BCUT2D eigenvalue weighted by molar-refractivity contribution is 9.10. The smallest absolute Gasteiger partial charge is 0.133 e. The van der Waals surface area contributed by atoms with E-state index in [0.717, 1.165) is 26.9 Å². The number of hydrogen-bond acceptors (Lipinski definition) is 2. The molecule has 0 saturated heterocycles. The molecule has 0 aliphatic rings. The maximum absolute atomic E-state index is 10.3. The summed E-state index contributed by atoms with van der Waals surface area (Å²) in [5, 5.41) is 10.3. The highest BCUT2D eigenvalue weighted by Crippen LogP contribution is 2.30. The molecular formula is C15H15BrO2. The summed E-state index contributed by atoms with van der Waals surface area (Å²) < 4.78 is 6.02. The Labute approximate surface area is 115 Å². The monoisotopic (exact) mass is 306 g/mol. The van der Waals surface area contributed by atoms with Crippen LogP contribution in [0.5, 0.6) is 5.75 Å². The minimum atomic E-state index is -0.618. The van der Waals surface area contributed by atoms with Crippen LogP contribution in [0.2, 0.25) is 0 Å². The van der Waals surface area contributed by atoms with Gasteiger partial charge in [0, 0.05) is 0 Å². The fourth-order valence-corrected chi connectivity index (χ4v) is 2.44. The van der Waals surface area contributed by atoms with E-state index in [1.54, 1.807) is 7.11 Å². The summed E-state index contributed by atoms with van der Waals surface area (Å²) >= 11 is 3.43. The molecule has 3 heteroatoms. The Morgan fingerprint density at radius 1 is 1.11 bits per heavy atom. The molecule has 0 radical (unpaired) electrons. The Kier molecular flexibility index (Phi) is 4.04. The first-order chi connectivity index (χ1) is 8.61. The van der Waals surface area contributed by atoms with E-state index >= 15 is 0 Å². The second-order valence-corrected chi connectivity index (χ2v) is 5.06. The van der Waals surface area contributed by atoms with Crippen LogP contribution in [-0.4, -0.2) is 12.2 Å². The molecule has 2 nitrogen and oxygen atoms in total. The van der Waals surface area contributed by atoms with Crippen LogP contribution in [0.15, 0.2) is 46.9 Å². The number of aryl methyl sites for hydroxylation is 1. The van der Waals surface area contributed by atoms with Crippen LogP contribution in [0.25, 0.3) is 0 Å². The predicted octanol–water partition coefficient (Wildman–Crippen LogP) is 3.85. The third kappa shape index (κ3) is 2.74. The third-order valence-electron chi connectivity index (χ3n) is 2.85. The minimum Gasteiger partial charge on any atom is -0.496 e. The molecule has 0 heterocycles. The lowest BCUT2D eigenvalue weighted by atomic mass is 10.00. The highest BCUT2D eigenvalue weighted by Gasteiger charge is 2.12. The number of aliphatic hydroxyl groups excluding tert-OH is 1. The molecule has 0 spiro atoms. The Morgan fingerprint density at radius 3 is 2.44 bits per heavy atom. The van der Waals surface area contributed by atoms with Crippen molar-refractivity contribution in [3.63, 3.8) is 0 Å². The van der Waals surface area contributed by atoms with E-state index in [-0.39, 0.29) is 0 Å². The molecule has 1 atom stereocenters. The highest BCUT2D eigenvalue weighted by atomic mass is 79.9. The summed E-state index contributed by atoms with van der Waals surface area (Å²) in [4.78, 5) is 0. The van der Waals surface area contributed by atoms with Crippen LogP contribution in [0.4, 0.5) is 0 Å². The van der Waals surface area contributed by atoms with E-state index in [2.05, 4.69) is 15.9 Å². The number of ether oxygens (including phenoxy) is 1. The van der Waals surface area contributed by atoms with Gasteiger partial charge in [0.25, 0.3) is 0 Å². The molecule has 0 aliphatic heterocycles. The average molecular weight is 307 g/mol. The van der Waals surface area contributed by atoms with E-state index in [0.29, 0.717) is 0 Å². The van der Waals surface area contributed by atoms with E-state index in [1.807, 2.05) is 49.4 Å². The topological polar surface area (TPSA) is 29.5 Å². The van der Waals surface area contributed by atoms with E-state index < -0.39 is 6.10 Å². The zero-order valence-electron chi connectivity index (χ0n) is 10.4. The van der Waals surface area contributed by atoms with Crippen molar-refractivity contribution in [1.29, 1.82) is 0 Å². The molecule has 0 aromatic heterocycles. The molecule has 0 aliphatic carbocycles. The SMILES string of the molecule is COc1ccc(C(O)c2cccc(C)c2)cc1Br. The van der Waals surface area contributed by atoms with Gasteiger partial charge in [0.2, 0.25) is 0 Å². The summed E-state index contributed by atoms with van der Waals surface area (Å²) in [6.07, 6.45) is -0.618. The van der Waals surface area contributed by atoms with Crippen molar-refractivity contribution in [2.75, 3.05) is 7.11 Å². The van der Waals surface area contributed by atoms with Crippen molar-refractivity contribution in [3.05, 3.63) is 63.6 Å². The van der Waals surface area contributed by atoms with Crippen molar-refractivity contribution >= 4 is 15.9 Å². The van der Waals surface area contributed by atoms with Crippen molar-refractivity contribution in [3.8, 4) is 5.75 Å². The molecule has 18 heavy (non-hydrogen) atoms. The van der Waals surface area contributed by atoms with Crippen molar-refractivity contribution in [2.24, 2.45) is 0 Å². The first-order valence-electron chi connectivity index (χ1n) is 5.70. The largest absolute Gasteiger partial charge is 0.496 e. The van der Waals surface area contributed by atoms with Crippen molar-refractivity contribution < 1.29 is 9.84 Å². The zero-order valence-corrected chi connectivity index (χ0v) is 11.9. The molecule has 0 bridgehead atoms. The Balaban J connectivity index is 2.34. The Morgan fingerprint density at radius 2 is 1.83 bits per heavy atom. The van der Waals surface area contributed by atoms with E-state index in [9.17, 15) is 5.11 Å². The molecular weight excluding hydrogens is 292 g/mol. The second-order valence-electron chi connectivity index (χ2n) is 4.21. The number of rotatable bonds is 3. The van der Waals surface area contributed by atoms with E-state index in [1.165, 1.54) is 0 Å². The molecule has 1 unspecified atom stereocenters. The van der Waals surface area contributed by atoms with Gasteiger partial charge in [-0.3, -0.25) is 0 Å². The number of hydrogen-bond donors (Lipinski definition) is 1. The van der Waals surface area contributed by atoms with Crippen LogP contribution >= 0.6 is 15.9 Å². The summed E-state index contributed by atoms with van der Waals surface area (Å²) in [7, 11) is 1.62. The standard InChI is InChI=1S/C15H15BrO2/c1-10-4-3-5-11(8-10)15(17)12-6-7-14(18-2)13(16)9-12/h3-9,15,17H,1-2H3. The van der Waals surface area contributed by atoms with Crippen LogP contribution in [0.3, 0.4) is 0 Å². The zero-order chi connectivity index (χ0) is 13.1. The van der Waals surface area contributed by atoms with Gasteiger partial charge in [0.15, 0.2) is 0 Å². The van der Waals surface area contributed by atoms with Crippen LogP contribution in [-0.2, 0) is 0 Å². The first-order valence-corrected chi connectivity index (χ1v) is 6.49. The van der Waals surface area contributed by atoms with Gasteiger partial charge in [0.1, 0.15) is 11.9 Å². The first kappa shape index (κ1) is 13.1. The summed E-state index contributed by atoms with van der Waals surface area (Å²) in [6, 6.07) is 13.5. The van der Waals surface area contributed by atoms with Crippen molar-refractivity contribution in [2.45, 2.75) is 13.0 Å². The maximum atomic E-state index is 10.3. The van der Waals surface area contributed by atoms with Crippen LogP contribution < -0.4 is 4.74 Å². The third-order valence-corrected chi connectivity index (χ3v) is 3.47. The van der Waals surface area contributed by atoms with Crippen LogP contribution in [0.1, 0.15) is 22.8 Å². The maximum Gasteiger partial charge on any atom is 0.133 e. The summed E-state index contributed by atoms with van der Waals surface area (Å²) in [5.41, 5.74) is 2.87. The quantitative estimate of drug-likeness (QED) is 0.933.